The van der Waals surface area contributed by atoms with Gasteiger partial charge in [0.15, 0.2) is 0 Å². The van der Waals surface area contributed by atoms with Crippen LogP contribution < -0.4 is 0 Å². The van der Waals surface area contributed by atoms with Crippen molar-refractivity contribution in [2.45, 2.75) is 31.9 Å². The monoisotopic (exact) mass is 327 g/mol. The van der Waals surface area contributed by atoms with Crippen molar-refractivity contribution in [3.63, 3.8) is 0 Å². The van der Waals surface area contributed by atoms with E-state index in [0.29, 0.717) is 17.1 Å². The minimum Gasteiger partial charge on any atom is -0.383 e. The Balaban J connectivity index is 5.02. The van der Waals surface area contributed by atoms with Crippen LogP contribution in [0.15, 0.2) is 0 Å². The Bertz CT molecular complexity index is 375. The topological polar surface area (TPSA) is 46.6 Å². The molecule has 0 radical (unpaired) electrons. The van der Waals surface area contributed by atoms with E-state index < -0.39 is 27.9 Å². The first-order chi connectivity index (χ1) is 8.98. The first kappa shape index (κ1) is 19.5. The lowest BCUT2D eigenvalue weighted by Crippen LogP contribution is -2.47. The maximum atomic E-state index is 12.9. The Labute approximate surface area is 114 Å². The number of halogens is 5. The molecule has 0 aliphatic carbocycles. The van der Waals surface area contributed by atoms with E-state index in [9.17, 15) is 30.4 Å². The molecule has 0 heterocycles. The molecule has 0 atom stereocenters. The maximum Gasteiger partial charge on any atom is 0.454 e. The Hall–Kier alpha value is -0.480. The summed E-state index contributed by atoms with van der Waals surface area (Å²) in [5.74, 6) is -7.56. The van der Waals surface area contributed by atoms with Crippen LogP contribution in [-0.2, 0) is 14.8 Å². The van der Waals surface area contributed by atoms with Crippen LogP contribution in [0.5, 0.6) is 0 Å². The van der Waals surface area contributed by atoms with E-state index in [-0.39, 0.29) is 19.7 Å². The number of hydrogen-bond acceptors (Lipinski definition) is 3. The van der Waals surface area contributed by atoms with Gasteiger partial charge in [-0.25, -0.2) is 8.42 Å². The van der Waals surface area contributed by atoms with Crippen LogP contribution in [0.3, 0.4) is 0 Å². The first-order valence-corrected chi connectivity index (χ1v) is 7.50. The Morgan fingerprint density at radius 3 is 2.05 bits per heavy atom. The fourth-order valence-corrected chi connectivity index (χ4v) is 2.88. The highest BCUT2D eigenvalue weighted by atomic mass is 32.2. The Kier molecular flexibility index (Phi) is 7.33. The molecule has 0 spiro atoms. The molecule has 20 heavy (non-hydrogen) atoms. The van der Waals surface area contributed by atoms with Gasteiger partial charge in [-0.3, -0.25) is 0 Å². The smallest absolute Gasteiger partial charge is 0.383 e. The molecule has 0 amide bonds. The molecule has 0 unspecified atom stereocenters. The average Bonchev–Trinajstić information content (AvgIpc) is 2.25. The van der Waals surface area contributed by atoms with E-state index in [1.165, 1.54) is 7.11 Å². The highest BCUT2D eigenvalue weighted by molar-refractivity contribution is 7.89. The summed E-state index contributed by atoms with van der Waals surface area (Å²) < 4.78 is 90.6. The summed E-state index contributed by atoms with van der Waals surface area (Å²) >= 11 is 0. The third-order valence-electron chi connectivity index (χ3n) is 2.48. The van der Waals surface area contributed by atoms with Gasteiger partial charge in [0, 0.05) is 20.2 Å². The predicted molar refractivity (Wildman–Crippen MR) is 63.1 cm³/mol. The summed E-state index contributed by atoms with van der Waals surface area (Å²) in [6, 6.07) is 0. The van der Waals surface area contributed by atoms with E-state index in [2.05, 4.69) is 4.74 Å². The third-order valence-corrected chi connectivity index (χ3v) is 4.36. The number of unbranched alkanes of at least 4 members (excludes halogenated alkanes) is 1. The van der Waals surface area contributed by atoms with E-state index >= 15 is 0 Å². The largest absolute Gasteiger partial charge is 0.454 e. The van der Waals surface area contributed by atoms with Gasteiger partial charge in [-0.05, 0) is 6.42 Å². The van der Waals surface area contributed by atoms with Gasteiger partial charge in [-0.2, -0.15) is 26.3 Å². The summed E-state index contributed by atoms with van der Waals surface area (Å²) in [4.78, 5) is 0. The molecule has 4 nitrogen and oxygen atoms in total. The van der Waals surface area contributed by atoms with Crippen molar-refractivity contribution in [3.8, 4) is 0 Å². The van der Waals surface area contributed by atoms with Crippen molar-refractivity contribution in [1.82, 2.24) is 4.31 Å². The van der Waals surface area contributed by atoms with Crippen molar-refractivity contribution in [2.75, 3.05) is 32.6 Å². The summed E-state index contributed by atoms with van der Waals surface area (Å²) in [5, 5.41) is 0. The molecule has 0 fully saturated rings. The zero-order valence-corrected chi connectivity index (χ0v) is 12.0. The van der Waals surface area contributed by atoms with Crippen molar-refractivity contribution in [3.05, 3.63) is 0 Å². The third kappa shape index (κ3) is 5.88. The van der Waals surface area contributed by atoms with Crippen LogP contribution in [0.1, 0.15) is 19.8 Å². The van der Waals surface area contributed by atoms with Crippen LogP contribution in [0.25, 0.3) is 0 Å². The van der Waals surface area contributed by atoms with Gasteiger partial charge in [-0.15, -0.1) is 0 Å². The molecule has 0 aliphatic heterocycles. The second-order valence-electron chi connectivity index (χ2n) is 4.20. The molecule has 0 aliphatic rings. The van der Waals surface area contributed by atoms with Crippen LogP contribution in [0, 0.1) is 0 Å². The number of ether oxygens (including phenoxy) is 1. The standard InChI is InChI=1S/C10H18F5NO3S/c1-3-4-5-16(6-7-19-2)20(17,18)8-9(11,12)10(13,14)15/h3-8H2,1-2H3. The lowest BCUT2D eigenvalue weighted by atomic mass is 10.3. The number of methoxy groups -OCH3 is 1. The second-order valence-corrected chi connectivity index (χ2v) is 6.17. The summed E-state index contributed by atoms with van der Waals surface area (Å²) in [6.07, 6.45) is -4.95. The van der Waals surface area contributed by atoms with Crippen molar-refractivity contribution in [2.24, 2.45) is 0 Å². The molecule has 0 saturated carbocycles. The summed E-state index contributed by atoms with van der Waals surface area (Å²) in [7, 11) is -3.45. The normalized spacial score (nSPS) is 14.0. The van der Waals surface area contributed by atoms with Gasteiger partial charge < -0.3 is 4.74 Å². The second kappa shape index (κ2) is 7.51. The number of alkyl halides is 5. The molecule has 0 saturated heterocycles. The summed E-state index contributed by atoms with van der Waals surface area (Å²) in [5.41, 5.74) is 0. The highest BCUT2D eigenvalue weighted by Crippen LogP contribution is 2.36. The quantitative estimate of drug-likeness (QED) is 0.610. The molecule has 0 aromatic carbocycles. The Morgan fingerprint density at radius 1 is 1.10 bits per heavy atom. The van der Waals surface area contributed by atoms with E-state index in [1.54, 1.807) is 6.92 Å². The predicted octanol–water partition coefficient (Wildman–Crippen LogP) is 2.26. The number of rotatable bonds is 9. The lowest BCUT2D eigenvalue weighted by Gasteiger charge is -2.25. The number of nitrogens with zero attached hydrogens (tertiary/aromatic N) is 1. The fourth-order valence-electron chi connectivity index (χ4n) is 1.32. The zero-order chi connectivity index (χ0) is 16.0. The number of hydrogen-bond donors (Lipinski definition) is 0. The van der Waals surface area contributed by atoms with Crippen molar-refractivity contribution >= 4 is 10.0 Å². The van der Waals surface area contributed by atoms with Crippen molar-refractivity contribution in [1.29, 1.82) is 0 Å². The minimum absolute atomic E-state index is 0.0828. The van der Waals surface area contributed by atoms with Crippen LogP contribution >= 0.6 is 0 Å². The zero-order valence-electron chi connectivity index (χ0n) is 11.2. The molecule has 0 N–H and O–H groups in total. The molecule has 122 valence electrons. The van der Waals surface area contributed by atoms with Gasteiger partial charge in [0.05, 0.1) is 6.61 Å². The lowest BCUT2D eigenvalue weighted by molar-refractivity contribution is -0.271. The van der Waals surface area contributed by atoms with Gasteiger partial charge in [0.1, 0.15) is 5.75 Å². The molecular weight excluding hydrogens is 309 g/mol. The van der Waals surface area contributed by atoms with E-state index in [4.69, 9.17) is 0 Å². The fraction of sp³-hybridized carbons (Fsp3) is 1.00. The van der Waals surface area contributed by atoms with Crippen LogP contribution in [0.2, 0.25) is 0 Å². The molecule has 10 heteroatoms. The summed E-state index contributed by atoms with van der Waals surface area (Å²) in [6.45, 7) is 1.29. The van der Waals surface area contributed by atoms with Crippen molar-refractivity contribution < 1.29 is 35.1 Å². The SMILES string of the molecule is CCCCN(CCOC)S(=O)(=O)CC(F)(F)C(F)(F)F. The van der Waals surface area contributed by atoms with Gasteiger partial charge in [-0.1, -0.05) is 13.3 Å². The molecule has 0 bridgehead atoms. The average molecular weight is 327 g/mol. The van der Waals surface area contributed by atoms with Crippen LogP contribution in [0.4, 0.5) is 22.0 Å². The number of sulfonamides is 1. The van der Waals surface area contributed by atoms with Crippen LogP contribution in [-0.4, -0.2) is 57.4 Å². The molecule has 0 rings (SSSR count). The molecular formula is C10H18F5NO3S. The van der Waals surface area contributed by atoms with Gasteiger partial charge >= 0.3 is 12.1 Å². The minimum atomic E-state index is -5.89. The molecule has 0 aromatic heterocycles. The Morgan fingerprint density at radius 2 is 1.65 bits per heavy atom. The molecule has 0 aromatic rings. The maximum absolute atomic E-state index is 12.9. The van der Waals surface area contributed by atoms with E-state index in [0.717, 1.165) is 0 Å². The highest BCUT2D eigenvalue weighted by Gasteiger charge is 2.60. The van der Waals surface area contributed by atoms with Gasteiger partial charge in [0.25, 0.3) is 0 Å². The first-order valence-electron chi connectivity index (χ1n) is 5.89. The van der Waals surface area contributed by atoms with Gasteiger partial charge in [0.2, 0.25) is 10.0 Å². The van der Waals surface area contributed by atoms with E-state index in [1.807, 2.05) is 0 Å².